The van der Waals surface area contributed by atoms with Crippen LogP contribution in [0.5, 0.6) is 0 Å². The predicted octanol–water partition coefficient (Wildman–Crippen LogP) is 14.2. The molecule has 0 aliphatic heterocycles. The maximum Gasteiger partial charge on any atom is 0.472 e. The highest BCUT2D eigenvalue weighted by Gasteiger charge is 2.28. The van der Waals surface area contributed by atoms with Crippen molar-refractivity contribution in [2.24, 2.45) is 0 Å². The van der Waals surface area contributed by atoms with Gasteiger partial charge in [0.25, 0.3) is 0 Å². The van der Waals surface area contributed by atoms with E-state index >= 15 is 0 Å². The highest BCUT2D eigenvalue weighted by atomic mass is 31.2. The SMILES string of the molecule is CC/C=C\C/C=C\C/C=C\C/C=C\C/C=C\C/C=C\C/C=C\C/C=C\C/C=C\C/C=C\CCCCC(=O)NC(COP(=O)(O)OCC[N+](C)(C)C)C(O)CCCCCCCCCC. The molecule has 0 radical (unpaired) electrons. The summed E-state index contributed by atoms with van der Waals surface area (Å²) in [6.07, 6.45) is 65.5. The highest BCUT2D eigenvalue weighted by Crippen LogP contribution is 2.43. The number of rotatable bonds is 42. The molecular formula is C54H92N2O6P+. The normalized spacial score (nSPS) is 15.2. The van der Waals surface area contributed by atoms with Gasteiger partial charge in [-0.25, -0.2) is 4.57 Å². The number of nitrogens with one attached hydrogen (secondary N) is 1. The summed E-state index contributed by atoms with van der Waals surface area (Å²) in [7, 11) is 1.56. The Morgan fingerprint density at radius 2 is 0.952 bits per heavy atom. The van der Waals surface area contributed by atoms with Crippen LogP contribution in [0, 0.1) is 0 Å². The molecule has 0 aromatic heterocycles. The third kappa shape index (κ3) is 46.7. The molecule has 1 amide bonds. The Bertz CT molecular complexity index is 1430. The van der Waals surface area contributed by atoms with Crippen LogP contribution in [0.4, 0.5) is 0 Å². The van der Waals surface area contributed by atoms with Gasteiger partial charge in [-0.15, -0.1) is 0 Å². The number of carbonyl (C=O) groups excluding carboxylic acids is 1. The van der Waals surface area contributed by atoms with Crippen molar-refractivity contribution in [2.45, 2.75) is 174 Å². The number of hydrogen-bond acceptors (Lipinski definition) is 5. The summed E-state index contributed by atoms with van der Waals surface area (Å²) in [5, 5.41) is 13.8. The van der Waals surface area contributed by atoms with Crippen molar-refractivity contribution >= 4 is 13.7 Å². The molecule has 0 aliphatic rings. The van der Waals surface area contributed by atoms with Gasteiger partial charge < -0.3 is 19.8 Å². The molecule has 8 nitrogen and oxygen atoms in total. The number of aliphatic hydroxyl groups is 1. The van der Waals surface area contributed by atoms with Gasteiger partial charge in [-0.2, -0.15) is 0 Å². The maximum atomic E-state index is 12.8. The van der Waals surface area contributed by atoms with E-state index in [0.717, 1.165) is 96.3 Å². The molecule has 0 heterocycles. The second-order valence-electron chi connectivity index (χ2n) is 17.1. The summed E-state index contributed by atoms with van der Waals surface area (Å²) in [4.78, 5) is 23.1. The van der Waals surface area contributed by atoms with Gasteiger partial charge in [-0.1, -0.05) is 187 Å². The molecule has 9 heteroatoms. The van der Waals surface area contributed by atoms with E-state index < -0.39 is 20.0 Å². The molecular weight excluding hydrogens is 804 g/mol. The number of hydrogen-bond donors (Lipinski definition) is 3. The van der Waals surface area contributed by atoms with Gasteiger partial charge in [0, 0.05) is 6.42 Å². The molecule has 0 fully saturated rings. The van der Waals surface area contributed by atoms with Gasteiger partial charge in [0.1, 0.15) is 13.2 Å². The fourth-order valence-corrected chi connectivity index (χ4v) is 6.87. The van der Waals surface area contributed by atoms with E-state index in [1.165, 1.54) is 32.1 Å². The largest absolute Gasteiger partial charge is 0.472 e. The fourth-order valence-electron chi connectivity index (χ4n) is 6.13. The van der Waals surface area contributed by atoms with E-state index in [4.69, 9.17) is 9.05 Å². The summed E-state index contributed by atoms with van der Waals surface area (Å²) < 4.78 is 23.5. The van der Waals surface area contributed by atoms with Gasteiger partial charge in [0.15, 0.2) is 0 Å². The summed E-state index contributed by atoms with van der Waals surface area (Å²) in [6, 6.07) is -0.790. The summed E-state index contributed by atoms with van der Waals surface area (Å²) in [5.41, 5.74) is 0. The standard InChI is InChI=1S/C54H91N2O6P/c1-6-8-10-12-14-16-17-18-19-20-21-22-23-24-25-26-27-28-29-30-31-32-33-34-35-36-37-38-39-40-42-44-46-48-54(58)55-52(51-62-63(59,60)61-50-49-56(3,4)5)53(57)47-45-43-41-15-13-11-9-7-2/h8,10,14,16,18-19,21-22,24-25,27-28,30-31,33-34,36-37,39-40,52-53,57H,6-7,9,11-13,15,17,20,23,26,29,32,35,38,41-51H2,1-5H3,(H-,55,58,59,60)/p+1/b10-8-,16-14-,19-18-,22-21-,25-24-,28-27-,31-30-,34-33-,37-36-,40-39-. The van der Waals surface area contributed by atoms with Crippen molar-refractivity contribution in [1.82, 2.24) is 5.32 Å². The molecule has 3 unspecified atom stereocenters. The Kier molecular flexibility index (Phi) is 41.9. The number of likely N-dealkylation sites (N-methyl/N-ethyl adjacent to an activating group) is 1. The molecule has 0 rings (SSSR count). The van der Waals surface area contributed by atoms with E-state index in [9.17, 15) is 19.4 Å². The van der Waals surface area contributed by atoms with Crippen LogP contribution in [0.2, 0.25) is 0 Å². The van der Waals surface area contributed by atoms with Crippen LogP contribution in [0.1, 0.15) is 162 Å². The molecule has 0 aromatic carbocycles. The first kappa shape index (κ1) is 59.9. The second kappa shape index (κ2) is 44.1. The fraction of sp³-hybridized carbons (Fsp3) is 0.611. The molecule has 0 saturated heterocycles. The molecule has 0 aliphatic carbocycles. The van der Waals surface area contributed by atoms with E-state index in [0.29, 0.717) is 30.3 Å². The zero-order valence-corrected chi connectivity index (χ0v) is 41.4. The first-order chi connectivity index (χ1) is 30.5. The lowest BCUT2D eigenvalue weighted by atomic mass is 10.0. The minimum Gasteiger partial charge on any atom is -0.391 e. The monoisotopic (exact) mass is 896 g/mol. The summed E-state index contributed by atoms with van der Waals surface area (Å²) >= 11 is 0. The van der Waals surface area contributed by atoms with E-state index in [-0.39, 0.29) is 19.1 Å². The van der Waals surface area contributed by atoms with Gasteiger partial charge >= 0.3 is 7.82 Å². The third-order valence-corrected chi connectivity index (χ3v) is 11.0. The number of phosphoric ester groups is 1. The van der Waals surface area contributed by atoms with E-state index in [1.54, 1.807) is 0 Å². The molecule has 3 N–H and O–H groups in total. The summed E-state index contributed by atoms with van der Waals surface area (Å²) in [6.45, 7) is 4.67. The Hall–Kier alpha value is -3.10. The Morgan fingerprint density at radius 3 is 1.37 bits per heavy atom. The first-order valence-corrected chi connectivity index (χ1v) is 25.9. The number of amides is 1. The maximum absolute atomic E-state index is 12.8. The molecule has 63 heavy (non-hydrogen) atoms. The predicted molar refractivity (Wildman–Crippen MR) is 272 cm³/mol. The smallest absolute Gasteiger partial charge is 0.391 e. The van der Waals surface area contributed by atoms with Gasteiger partial charge in [0.2, 0.25) is 5.91 Å². The van der Waals surface area contributed by atoms with Gasteiger partial charge in [-0.05, 0) is 89.9 Å². The lowest BCUT2D eigenvalue weighted by molar-refractivity contribution is -0.870. The van der Waals surface area contributed by atoms with Crippen molar-refractivity contribution in [1.29, 1.82) is 0 Å². The topological polar surface area (TPSA) is 105 Å². The number of phosphoric acid groups is 1. The number of quaternary nitrogens is 1. The van der Waals surface area contributed by atoms with Gasteiger partial charge in [-0.3, -0.25) is 13.8 Å². The Morgan fingerprint density at radius 1 is 0.556 bits per heavy atom. The first-order valence-electron chi connectivity index (χ1n) is 24.4. The van der Waals surface area contributed by atoms with Crippen LogP contribution >= 0.6 is 7.82 Å². The number of unbranched alkanes of at least 4 members (excludes halogenated alkanes) is 9. The van der Waals surface area contributed by atoms with Crippen LogP contribution in [-0.4, -0.2) is 73.4 Å². The van der Waals surface area contributed by atoms with Crippen LogP contribution in [0.15, 0.2) is 122 Å². The van der Waals surface area contributed by atoms with Crippen LogP contribution < -0.4 is 5.32 Å². The number of aliphatic hydroxyl groups excluding tert-OH is 1. The number of carbonyl (C=O) groups is 1. The zero-order chi connectivity index (χ0) is 46.4. The zero-order valence-electron chi connectivity index (χ0n) is 40.5. The second-order valence-corrected chi connectivity index (χ2v) is 18.6. The van der Waals surface area contributed by atoms with E-state index in [2.05, 4.69) is 141 Å². The van der Waals surface area contributed by atoms with Crippen LogP contribution in [0.3, 0.4) is 0 Å². The summed E-state index contributed by atoms with van der Waals surface area (Å²) in [5.74, 6) is -0.197. The average Bonchev–Trinajstić information content (AvgIpc) is 3.24. The van der Waals surface area contributed by atoms with Crippen molar-refractivity contribution in [2.75, 3.05) is 40.9 Å². The quantitative estimate of drug-likeness (QED) is 0.0244. The molecule has 0 saturated carbocycles. The lowest BCUT2D eigenvalue weighted by Crippen LogP contribution is -2.46. The number of nitrogens with zero attached hydrogens (tertiary/aromatic N) is 1. The van der Waals surface area contributed by atoms with Crippen molar-refractivity contribution < 1.29 is 32.9 Å². The Balaban J connectivity index is 4.24. The minimum atomic E-state index is -4.33. The molecule has 358 valence electrons. The van der Waals surface area contributed by atoms with Crippen molar-refractivity contribution in [3.8, 4) is 0 Å². The van der Waals surface area contributed by atoms with Crippen LogP contribution in [-0.2, 0) is 18.4 Å². The van der Waals surface area contributed by atoms with Crippen molar-refractivity contribution in [3.63, 3.8) is 0 Å². The Labute approximate surface area is 386 Å². The average molecular weight is 896 g/mol. The molecule has 3 atom stereocenters. The highest BCUT2D eigenvalue weighted by molar-refractivity contribution is 7.47. The number of allylic oxidation sites excluding steroid dienone is 20. The lowest BCUT2D eigenvalue weighted by Gasteiger charge is -2.26. The van der Waals surface area contributed by atoms with Crippen LogP contribution in [0.25, 0.3) is 0 Å². The minimum absolute atomic E-state index is 0.0585. The van der Waals surface area contributed by atoms with Crippen molar-refractivity contribution in [3.05, 3.63) is 122 Å². The van der Waals surface area contributed by atoms with Gasteiger partial charge in [0.05, 0.1) is 39.9 Å². The third-order valence-electron chi connectivity index (χ3n) is 9.97. The molecule has 0 bridgehead atoms. The van der Waals surface area contributed by atoms with E-state index in [1.807, 2.05) is 21.1 Å². The molecule has 0 spiro atoms. The molecule has 0 aromatic rings.